The Labute approximate surface area is 123 Å². The number of carboxylic acids is 1. The number of hydrogen-bond acceptors (Lipinski definition) is 5. The summed E-state index contributed by atoms with van der Waals surface area (Å²) in [5.74, 6) is -0.992. The van der Waals surface area contributed by atoms with Gasteiger partial charge in [-0.05, 0) is 13.8 Å². The van der Waals surface area contributed by atoms with Gasteiger partial charge in [-0.2, -0.15) is 0 Å². The highest BCUT2D eigenvalue weighted by Gasteiger charge is 2.48. The highest BCUT2D eigenvalue weighted by Crippen LogP contribution is 2.29. The second kappa shape index (κ2) is 6.17. The zero-order chi connectivity index (χ0) is 15.6. The molecule has 4 atom stereocenters. The smallest absolute Gasteiger partial charge is 0.318 e. The Bertz CT molecular complexity index is 417. The Kier molecular flexibility index (Phi) is 4.70. The SMILES string of the molecule is CC1COC(CO)CN1C(=O)NC1COCC1(C)C(=O)O. The predicted octanol–water partition coefficient (Wildman–Crippen LogP) is -0.733. The fourth-order valence-corrected chi connectivity index (χ4v) is 2.53. The molecule has 2 heterocycles. The van der Waals surface area contributed by atoms with E-state index in [1.807, 2.05) is 6.92 Å². The summed E-state index contributed by atoms with van der Waals surface area (Å²) in [5.41, 5.74) is -1.12. The Morgan fingerprint density at radius 3 is 2.76 bits per heavy atom. The van der Waals surface area contributed by atoms with E-state index in [0.717, 1.165) is 0 Å². The number of morpholine rings is 1. The highest BCUT2D eigenvalue weighted by atomic mass is 16.5. The summed E-state index contributed by atoms with van der Waals surface area (Å²) in [6.45, 7) is 4.12. The van der Waals surface area contributed by atoms with Crippen molar-refractivity contribution in [1.82, 2.24) is 10.2 Å². The minimum Gasteiger partial charge on any atom is -0.481 e. The summed E-state index contributed by atoms with van der Waals surface area (Å²) in [5, 5.41) is 21.2. The molecule has 120 valence electrons. The van der Waals surface area contributed by atoms with Gasteiger partial charge in [0.2, 0.25) is 0 Å². The van der Waals surface area contributed by atoms with E-state index in [1.165, 1.54) is 0 Å². The summed E-state index contributed by atoms with van der Waals surface area (Å²) in [7, 11) is 0. The number of nitrogens with zero attached hydrogens (tertiary/aromatic N) is 1. The lowest BCUT2D eigenvalue weighted by atomic mass is 9.85. The molecule has 8 heteroatoms. The molecule has 8 nitrogen and oxygen atoms in total. The number of carbonyl (C=O) groups is 2. The molecule has 4 unspecified atom stereocenters. The van der Waals surface area contributed by atoms with Crippen LogP contribution in [0.5, 0.6) is 0 Å². The lowest BCUT2D eigenvalue weighted by molar-refractivity contribution is -0.148. The number of carboxylic acid groups (broad SMARTS) is 1. The molecule has 0 aromatic carbocycles. The van der Waals surface area contributed by atoms with Crippen LogP contribution in [-0.2, 0) is 14.3 Å². The molecule has 2 aliphatic rings. The number of aliphatic hydroxyl groups excluding tert-OH is 1. The molecule has 21 heavy (non-hydrogen) atoms. The van der Waals surface area contributed by atoms with E-state index in [2.05, 4.69) is 5.32 Å². The molecule has 0 bridgehead atoms. The van der Waals surface area contributed by atoms with Crippen molar-refractivity contribution in [3.63, 3.8) is 0 Å². The van der Waals surface area contributed by atoms with Gasteiger partial charge in [0.1, 0.15) is 5.41 Å². The molecular weight excluding hydrogens is 280 g/mol. The Morgan fingerprint density at radius 1 is 1.43 bits per heavy atom. The molecule has 2 fully saturated rings. The van der Waals surface area contributed by atoms with Gasteiger partial charge in [0.25, 0.3) is 0 Å². The van der Waals surface area contributed by atoms with E-state index in [1.54, 1.807) is 11.8 Å². The van der Waals surface area contributed by atoms with Crippen LogP contribution in [0.25, 0.3) is 0 Å². The molecular formula is C13H22N2O6. The minimum atomic E-state index is -1.12. The van der Waals surface area contributed by atoms with E-state index in [9.17, 15) is 14.7 Å². The van der Waals surface area contributed by atoms with Crippen molar-refractivity contribution in [3.05, 3.63) is 0 Å². The highest BCUT2D eigenvalue weighted by molar-refractivity contribution is 5.79. The zero-order valence-electron chi connectivity index (χ0n) is 12.2. The molecule has 2 rings (SSSR count). The standard InChI is InChI=1S/C13H22N2O6/c1-8-5-21-9(4-16)3-15(8)12(19)14-10-6-20-7-13(10,2)11(17)18/h8-10,16H,3-7H2,1-2H3,(H,14,19)(H,17,18). The number of urea groups is 1. The second-order valence-electron chi connectivity index (χ2n) is 5.88. The number of aliphatic carboxylic acids is 1. The number of rotatable bonds is 3. The van der Waals surface area contributed by atoms with Crippen molar-refractivity contribution >= 4 is 12.0 Å². The van der Waals surface area contributed by atoms with Gasteiger partial charge >= 0.3 is 12.0 Å². The Balaban J connectivity index is 2.01. The van der Waals surface area contributed by atoms with Crippen molar-refractivity contribution in [2.24, 2.45) is 5.41 Å². The van der Waals surface area contributed by atoms with Crippen molar-refractivity contribution < 1.29 is 29.3 Å². The Hall–Kier alpha value is -1.38. The van der Waals surface area contributed by atoms with Crippen LogP contribution in [0.1, 0.15) is 13.8 Å². The summed E-state index contributed by atoms with van der Waals surface area (Å²) < 4.78 is 10.6. The lowest BCUT2D eigenvalue weighted by Crippen LogP contribution is -2.59. The summed E-state index contributed by atoms with van der Waals surface area (Å²) in [4.78, 5) is 25.3. The van der Waals surface area contributed by atoms with Crippen LogP contribution in [0.2, 0.25) is 0 Å². The zero-order valence-corrected chi connectivity index (χ0v) is 12.2. The van der Waals surface area contributed by atoms with Crippen LogP contribution in [0.4, 0.5) is 4.79 Å². The number of nitrogens with one attached hydrogen (secondary N) is 1. The second-order valence-corrected chi connectivity index (χ2v) is 5.88. The first kappa shape index (κ1) is 16.0. The first-order valence-electron chi connectivity index (χ1n) is 6.99. The van der Waals surface area contributed by atoms with Crippen molar-refractivity contribution in [2.45, 2.75) is 32.0 Å². The molecule has 0 radical (unpaired) electrons. The van der Waals surface area contributed by atoms with Crippen LogP contribution in [0, 0.1) is 5.41 Å². The number of ether oxygens (including phenoxy) is 2. The van der Waals surface area contributed by atoms with Crippen LogP contribution in [0.3, 0.4) is 0 Å². The molecule has 0 aliphatic carbocycles. The van der Waals surface area contributed by atoms with Crippen LogP contribution >= 0.6 is 0 Å². The van der Waals surface area contributed by atoms with Gasteiger partial charge in [-0.1, -0.05) is 0 Å². The monoisotopic (exact) mass is 302 g/mol. The number of aliphatic hydroxyl groups is 1. The average Bonchev–Trinajstić information content (AvgIpc) is 2.82. The third-order valence-electron chi connectivity index (χ3n) is 4.21. The van der Waals surface area contributed by atoms with Gasteiger partial charge in [-0.25, -0.2) is 4.79 Å². The largest absolute Gasteiger partial charge is 0.481 e. The van der Waals surface area contributed by atoms with Crippen molar-refractivity contribution in [3.8, 4) is 0 Å². The van der Waals surface area contributed by atoms with Gasteiger partial charge in [-0.3, -0.25) is 4.79 Å². The Morgan fingerprint density at radius 2 is 2.14 bits per heavy atom. The maximum Gasteiger partial charge on any atom is 0.318 e. The molecule has 0 aromatic heterocycles. The topological polar surface area (TPSA) is 108 Å². The van der Waals surface area contributed by atoms with Crippen molar-refractivity contribution in [2.75, 3.05) is 33.0 Å². The fraction of sp³-hybridized carbons (Fsp3) is 0.846. The van der Waals surface area contributed by atoms with Gasteiger partial charge < -0.3 is 29.9 Å². The number of hydrogen-bond donors (Lipinski definition) is 3. The predicted molar refractivity (Wildman–Crippen MR) is 71.9 cm³/mol. The minimum absolute atomic E-state index is 0.0746. The summed E-state index contributed by atoms with van der Waals surface area (Å²) in [6, 6.07) is -1.07. The average molecular weight is 302 g/mol. The van der Waals surface area contributed by atoms with E-state index in [4.69, 9.17) is 14.6 Å². The summed E-state index contributed by atoms with van der Waals surface area (Å²) >= 11 is 0. The normalized spacial score (nSPS) is 36.5. The lowest BCUT2D eigenvalue weighted by Gasteiger charge is -2.38. The van der Waals surface area contributed by atoms with Crippen LogP contribution < -0.4 is 5.32 Å². The summed E-state index contributed by atoms with van der Waals surface area (Å²) in [6.07, 6.45) is -0.405. The van der Waals surface area contributed by atoms with Gasteiger partial charge in [0, 0.05) is 0 Å². The van der Waals surface area contributed by atoms with Gasteiger partial charge in [0.15, 0.2) is 0 Å². The third kappa shape index (κ3) is 3.12. The van der Waals surface area contributed by atoms with Crippen LogP contribution in [-0.4, -0.2) is 78.3 Å². The quantitative estimate of drug-likeness (QED) is 0.634. The van der Waals surface area contributed by atoms with E-state index >= 15 is 0 Å². The van der Waals surface area contributed by atoms with E-state index in [-0.39, 0.29) is 38.4 Å². The molecule has 2 saturated heterocycles. The maximum atomic E-state index is 12.4. The third-order valence-corrected chi connectivity index (χ3v) is 4.21. The van der Waals surface area contributed by atoms with E-state index in [0.29, 0.717) is 6.61 Å². The van der Waals surface area contributed by atoms with Crippen LogP contribution in [0.15, 0.2) is 0 Å². The van der Waals surface area contributed by atoms with Gasteiger partial charge in [0.05, 0.1) is 51.2 Å². The number of carbonyl (C=O) groups excluding carboxylic acids is 1. The first-order valence-corrected chi connectivity index (χ1v) is 6.99. The molecule has 3 N–H and O–H groups in total. The van der Waals surface area contributed by atoms with E-state index < -0.39 is 23.5 Å². The fourth-order valence-electron chi connectivity index (χ4n) is 2.53. The number of amides is 2. The molecule has 2 amide bonds. The molecule has 0 aromatic rings. The molecule has 0 spiro atoms. The van der Waals surface area contributed by atoms with Gasteiger partial charge in [-0.15, -0.1) is 0 Å². The first-order chi connectivity index (χ1) is 9.88. The maximum absolute atomic E-state index is 12.4. The molecule has 0 saturated carbocycles. The molecule has 2 aliphatic heterocycles. The van der Waals surface area contributed by atoms with Crippen molar-refractivity contribution in [1.29, 1.82) is 0 Å².